The van der Waals surface area contributed by atoms with Crippen molar-refractivity contribution < 1.29 is 9.53 Å². The summed E-state index contributed by atoms with van der Waals surface area (Å²) >= 11 is 0. The van der Waals surface area contributed by atoms with Gasteiger partial charge in [0, 0.05) is 5.41 Å². The lowest BCUT2D eigenvalue weighted by Gasteiger charge is -2.44. The van der Waals surface area contributed by atoms with Crippen molar-refractivity contribution >= 4 is 5.97 Å². The van der Waals surface area contributed by atoms with E-state index in [1.807, 2.05) is 30.3 Å². The van der Waals surface area contributed by atoms with E-state index in [-0.39, 0.29) is 16.8 Å². The predicted octanol–water partition coefficient (Wildman–Crippen LogP) is 5.01. The molecule has 0 amide bonds. The van der Waals surface area contributed by atoms with Crippen molar-refractivity contribution in [2.75, 3.05) is 0 Å². The second kappa shape index (κ2) is 6.21. The fraction of sp³-hybridized carbons (Fsp3) is 0.632. The van der Waals surface area contributed by atoms with Crippen LogP contribution in [-0.2, 0) is 16.0 Å². The molecule has 0 aromatic heterocycles. The molecule has 2 nitrogen and oxygen atoms in total. The summed E-state index contributed by atoms with van der Waals surface area (Å²) in [5.41, 5.74) is 0.522. The van der Waals surface area contributed by atoms with Gasteiger partial charge in [0.1, 0.15) is 5.60 Å². The maximum Gasteiger partial charge on any atom is 0.310 e. The van der Waals surface area contributed by atoms with Gasteiger partial charge in [0.15, 0.2) is 0 Å². The molecule has 21 heavy (non-hydrogen) atoms. The molecule has 0 saturated carbocycles. The van der Waals surface area contributed by atoms with Gasteiger partial charge in [0.05, 0.1) is 6.42 Å². The monoisotopic (exact) mass is 290 g/mol. The highest BCUT2D eigenvalue weighted by Crippen LogP contribution is 2.42. The summed E-state index contributed by atoms with van der Waals surface area (Å²) in [4.78, 5) is 12.3. The second-order valence-electron chi connectivity index (χ2n) is 8.35. The van der Waals surface area contributed by atoms with Crippen LogP contribution in [0, 0.1) is 10.8 Å². The van der Waals surface area contributed by atoms with Crippen molar-refractivity contribution in [1.82, 2.24) is 0 Å². The lowest BCUT2D eigenvalue weighted by Crippen LogP contribution is -2.47. The Morgan fingerprint density at radius 2 is 1.48 bits per heavy atom. The first-order valence-corrected chi connectivity index (χ1v) is 7.69. The van der Waals surface area contributed by atoms with E-state index in [4.69, 9.17) is 4.74 Å². The molecule has 118 valence electrons. The van der Waals surface area contributed by atoms with E-state index in [0.717, 1.165) is 12.0 Å². The van der Waals surface area contributed by atoms with Gasteiger partial charge in [-0.3, -0.25) is 4.79 Å². The van der Waals surface area contributed by atoms with Gasteiger partial charge in [0.25, 0.3) is 0 Å². The minimum atomic E-state index is -0.475. The van der Waals surface area contributed by atoms with Gasteiger partial charge in [-0.05, 0) is 24.3 Å². The Morgan fingerprint density at radius 1 is 0.952 bits per heavy atom. The van der Waals surface area contributed by atoms with Gasteiger partial charge in [-0.2, -0.15) is 0 Å². The van der Waals surface area contributed by atoms with Crippen LogP contribution >= 0.6 is 0 Å². The quantitative estimate of drug-likeness (QED) is 0.728. The van der Waals surface area contributed by atoms with Crippen LogP contribution in [0.5, 0.6) is 0 Å². The summed E-state index contributed by atoms with van der Waals surface area (Å²) in [5.74, 6) is -0.150. The standard InChI is InChI=1S/C19H30O2/c1-17(2,3)14-19(7,18(4,5)6)21-16(20)13-15-11-9-8-10-12-15/h8-12H,13-14H2,1-7H3. The van der Waals surface area contributed by atoms with Crippen LogP contribution < -0.4 is 0 Å². The van der Waals surface area contributed by atoms with Crippen LogP contribution in [0.4, 0.5) is 0 Å². The normalized spacial score (nSPS) is 15.4. The van der Waals surface area contributed by atoms with Crippen molar-refractivity contribution in [2.45, 2.75) is 66.9 Å². The largest absolute Gasteiger partial charge is 0.459 e. The summed E-state index contributed by atoms with van der Waals surface area (Å²) in [5, 5.41) is 0. The third-order valence-corrected chi connectivity index (χ3v) is 3.98. The molecule has 1 atom stereocenters. The van der Waals surface area contributed by atoms with E-state index in [0.29, 0.717) is 6.42 Å². The maximum absolute atomic E-state index is 12.3. The van der Waals surface area contributed by atoms with Crippen LogP contribution in [0.1, 0.15) is 60.5 Å². The smallest absolute Gasteiger partial charge is 0.310 e. The highest BCUT2D eigenvalue weighted by Gasteiger charge is 2.43. The van der Waals surface area contributed by atoms with E-state index >= 15 is 0 Å². The number of ether oxygens (including phenoxy) is 1. The number of benzene rings is 1. The first-order valence-electron chi connectivity index (χ1n) is 7.69. The molecular formula is C19H30O2. The Morgan fingerprint density at radius 3 is 1.90 bits per heavy atom. The Labute approximate surface area is 129 Å². The minimum absolute atomic E-state index is 0.105. The lowest BCUT2D eigenvalue weighted by atomic mass is 9.69. The van der Waals surface area contributed by atoms with E-state index in [2.05, 4.69) is 48.5 Å². The molecule has 1 unspecified atom stereocenters. The highest BCUT2D eigenvalue weighted by molar-refractivity contribution is 5.73. The first-order chi connectivity index (χ1) is 9.43. The zero-order valence-electron chi connectivity index (χ0n) is 14.6. The molecule has 0 bridgehead atoms. The number of esters is 1. The molecule has 0 aliphatic carbocycles. The molecule has 0 aliphatic heterocycles. The van der Waals surface area contributed by atoms with Crippen LogP contribution in [0.25, 0.3) is 0 Å². The minimum Gasteiger partial charge on any atom is -0.459 e. The van der Waals surface area contributed by atoms with E-state index in [9.17, 15) is 4.79 Å². The van der Waals surface area contributed by atoms with Gasteiger partial charge < -0.3 is 4.74 Å². The fourth-order valence-corrected chi connectivity index (χ4v) is 2.52. The zero-order valence-corrected chi connectivity index (χ0v) is 14.6. The zero-order chi connectivity index (χ0) is 16.3. The second-order valence-corrected chi connectivity index (χ2v) is 8.35. The molecule has 0 spiro atoms. The maximum atomic E-state index is 12.3. The van der Waals surface area contributed by atoms with Crippen molar-refractivity contribution in [3.63, 3.8) is 0 Å². The molecule has 1 rings (SSSR count). The van der Waals surface area contributed by atoms with Gasteiger partial charge in [-0.25, -0.2) is 0 Å². The average molecular weight is 290 g/mol. The SMILES string of the molecule is CC(C)(C)CC(C)(OC(=O)Cc1ccccc1)C(C)(C)C. The Balaban J connectivity index is 2.85. The number of rotatable bonds is 4. The van der Waals surface area contributed by atoms with Crippen LogP contribution in [-0.4, -0.2) is 11.6 Å². The summed E-state index contributed by atoms with van der Waals surface area (Å²) < 4.78 is 5.94. The fourth-order valence-electron chi connectivity index (χ4n) is 2.52. The molecule has 0 saturated heterocycles. The molecule has 1 aromatic carbocycles. The molecule has 2 heteroatoms. The molecule has 0 fully saturated rings. The summed E-state index contributed by atoms with van der Waals surface area (Å²) in [6, 6.07) is 9.76. The van der Waals surface area contributed by atoms with Gasteiger partial charge in [-0.15, -0.1) is 0 Å². The third kappa shape index (κ3) is 5.53. The van der Waals surface area contributed by atoms with Gasteiger partial charge >= 0.3 is 5.97 Å². The van der Waals surface area contributed by atoms with Crippen molar-refractivity contribution in [3.05, 3.63) is 35.9 Å². The summed E-state index contributed by atoms with van der Waals surface area (Å²) in [7, 11) is 0. The van der Waals surface area contributed by atoms with E-state index < -0.39 is 5.60 Å². The Kier molecular flexibility index (Phi) is 5.25. The lowest BCUT2D eigenvalue weighted by molar-refractivity contribution is -0.174. The number of hydrogen-bond donors (Lipinski definition) is 0. The molecule has 0 aliphatic rings. The van der Waals surface area contributed by atoms with Crippen LogP contribution in [0.15, 0.2) is 30.3 Å². The Hall–Kier alpha value is -1.31. The molecular weight excluding hydrogens is 260 g/mol. The van der Waals surface area contributed by atoms with Crippen molar-refractivity contribution in [3.8, 4) is 0 Å². The number of hydrogen-bond acceptors (Lipinski definition) is 2. The molecule has 0 radical (unpaired) electrons. The first kappa shape index (κ1) is 17.7. The van der Waals surface area contributed by atoms with Gasteiger partial charge in [-0.1, -0.05) is 71.9 Å². The molecule has 0 N–H and O–H groups in total. The average Bonchev–Trinajstić information content (AvgIpc) is 2.25. The van der Waals surface area contributed by atoms with E-state index in [1.165, 1.54) is 0 Å². The third-order valence-electron chi connectivity index (χ3n) is 3.98. The molecule has 1 aromatic rings. The van der Waals surface area contributed by atoms with Crippen molar-refractivity contribution in [2.24, 2.45) is 10.8 Å². The van der Waals surface area contributed by atoms with Gasteiger partial charge in [0.2, 0.25) is 0 Å². The summed E-state index contributed by atoms with van der Waals surface area (Å²) in [6.07, 6.45) is 1.17. The topological polar surface area (TPSA) is 26.3 Å². The van der Waals surface area contributed by atoms with E-state index in [1.54, 1.807) is 0 Å². The molecule has 0 heterocycles. The van der Waals surface area contributed by atoms with Crippen LogP contribution in [0.3, 0.4) is 0 Å². The van der Waals surface area contributed by atoms with Crippen molar-refractivity contribution in [1.29, 1.82) is 0 Å². The highest BCUT2D eigenvalue weighted by atomic mass is 16.6. The number of carbonyl (C=O) groups is 1. The Bertz CT molecular complexity index is 463. The predicted molar refractivity (Wildman–Crippen MR) is 88.2 cm³/mol. The number of carbonyl (C=O) groups excluding carboxylic acids is 1. The summed E-state index contributed by atoms with van der Waals surface area (Å²) in [6.45, 7) is 15.0. The van der Waals surface area contributed by atoms with Crippen LogP contribution in [0.2, 0.25) is 0 Å².